The van der Waals surface area contributed by atoms with Gasteiger partial charge in [-0.15, -0.1) is 0 Å². The summed E-state index contributed by atoms with van der Waals surface area (Å²) in [5, 5.41) is 0. The average Bonchev–Trinajstić information content (AvgIpc) is 2.53. The molecule has 0 amide bonds. The summed E-state index contributed by atoms with van der Waals surface area (Å²) in [6.07, 6.45) is 0. The molecule has 0 heterocycles. The molecule has 3 aromatic carbocycles. The van der Waals surface area contributed by atoms with Crippen molar-refractivity contribution >= 4 is 107 Å². The molecule has 0 unspecified atom stereocenters. The maximum Gasteiger partial charge on any atom is 0.0704 e. The zero-order valence-corrected chi connectivity index (χ0v) is 22.6. The standard InChI is InChI=1S/C19H11Br6N/c20-12-6-14(22)18(15(23)7-12)26(10-11-4-2-1-3-5-11)19-16(24)8-13(21)9-17(19)25/h1-9H,10H2. The van der Waals surface area contributed by atoms with Gasteiger partial charge in [-0.25, -0.2) is 0 Å². The van der Waals surface area contributed by atoms with Crippen molar-refractivity contribution in [1.82, 2.24) is 0 Å². The summed E-state index contributed by atoms with van der Waals surface area (Å²) >= 11 is 22.0. The molecule has 1 nitrogen and oxygen atoms in total. The largest absolute Gasteiger partial charge is 0.333 e. The van der Waals surface area contributed by atoms with Crippen molar-refractivity contribution < 1.29 is 0 Å². The first-order valence-electron chi connectivity index (χ1n) is 7.47. The third-order valence-corrected chi connectivity index (χ3v) is 7.02. The average molecular weight is 733 g/mol. The quantitative estimate of drug-likeness (QED) is 0.259. The molecule has 3 aromatic rings. The molecule has 3 rings (SSSR count). The Morgan fingerprint density at radius 3 is 1.35 bits per heavy atom. The van der Waals surface area contributed by atoms with E-state index in [2.05, 4.69) is 149 Å². The molecule has 0 saturated heterocycles. The number of benzene rings is 3. The highest BCUT2D eigenvalue weighted by Gasteiger charge is 2.22. The van der Waals surface area contributed by atoms with Crippen LogP contribution in [0.2, 0.25) is 0 Å². The lowest BCUT2D eigenvalue weighted by Gasteiger charge is -2.29. The Bertz CT molecular complexity index is 839. The molecule has 0 N–H and O–H groups in total. The number of rotatable bonds is 4. The Kier molecular flexibility index (Phi) is 7.47. The molecular formula is C19H11Br6N. The predicted molar refractivity (Wildman–Crippen MR) is 131 cm³/mol. The molecule has 0 saturated carbocycles. The van der Waals surface area contributed by atoms with Crippen molar-refractivity contribution in [3.05, 3.63) is 87.0 Å². The van der Waals surface area contributed by atoms with Gasteiger partial charge in [-0.3, -0.25) is 0 Å². The fourth-order valence-electron chi connectivity index (χ4n) is 2.62. The van der Waals surface area contributed by atoms with E-state index in [9.17, 15) is 0 Å². The summed E-state index contributed by atoms with van der Waals surface area (Å²) in [4.78, 5) is 2.27. The number of anilines is 2. The van der Waals surface area contributed by atoms with Crippen molar-refractivity contribution in [3.63, 3.8) is 0 Å². The first-order chi connectivity index (χ1) is 12.4. The van der Waals surface area contributed by atoms with Gasteiger partial charge in [0.05, 0.1) is 11.4 Å². The lowest BCUT2D eigenvalue weighted by Crippen LogP contribution is -2.18. The van der Waals surface area contributed by atoms with Crippen LogP contribution in [0, 0.1) is 0 Å². The van der Waals surface area contributed by atoms with E-state index in [0.717, 1.165) is 44.8 Å². The molecular weight excluding hydrogens is 722 g/mol. The van der Waals surface area contributed by atoms with Gasteiger partial charge in [0.15, 0.2) is 0 Å². The van der Waals surface area contributed by atoms with Gasteiger partial charge < -0.3 is 4.90 Å². The van der Waals surface area contributed by atoms with Gasteiger partial charge in [-0.1, -0.05) is 62.2 Å². The minimum absolute atomic E-state index is 0.721. The van der Waals surface area contributed by atoms with Crippen LogP contribution in [-0.4, -0.2) is 0 Å². The van der Waals surface area contributed by atoms with Crippen LogP contribution < -0.4 is 4.90 Å². The molecule has 134 valence electrons. The molecule has 0 aliphatic rings. The van der Waals surface area contributed by atoms with E-state index >= 15 is 0 Å². The Hall–Kier alpha value is 0.340. The monoisotopic (exact) mass is 727 g/mol. The topological polar surface area (TPSA) is 3.24 Å². The minimum Gasteiger partial charge on any atom is -0.333 e. The first-order valence-corrected chi connectivity index (χ1v) is 12.2. The first kappa shape index (κ1) is 21.1. The van der Waals surface area contributed by atoms with E-state index in [-0.39, 0.29) is 0 Å². The van der Waals surface area contributed by atoms with Gasteiger partial charge >= 0.3 is 0 Å². The molecule has 0 spiro atoms. The minimum atomic E-state index is 0.721. The van der Waals surface area contributed by atoms with Crippen molar-refractivity contribution in [2.45, 2.75) is 6.54 Å². The molecule has 0 bridgehead atoms. The zero-order valence-electron chi connectivity index (χ0n) is 13.1. The SMILES string of the molecule is Brc1cc(Br)c(N(Cc2ccccc2)c2c(Br)cc(Br)cc2Br)c(Br)c1. The molecule has 0 aromatic heterocycles. The Labute approximate surface area is 203 Å². The van der Waals surface area contributed by atoms with E-state index < -0.39 is 0 Å². The smallest absolute Gasteiger partial charge is 0.0704 e. The fourth-order valence-corrected chi connectivity index (χ4v) is 7.99. The Balaban J connectivity index is 2.21. The van der Waals surface area contributed by atoms with Crippen LogP contribution in [0.15, 0.2) is 81.4 Å². The van der Waals surface area contributed by atoms with Crippen LogP contribution in [0.1, 0.15) is 5.56 Å². The number of hydrogen-bond donors (Lipinski definition) is 0. The highest BCUT2D eigenvalue weighted by Crippen LogP contribution is 2.46. The van der Waals surface area contributed by atoms with E-state index in [4.69, 9.17) is 0 Å². The highest BCUT2D eigenvalue weighted by atomic mass is 79.9. The van der Waals surface area contributed by atoms with E-state index in [1.54, 1.807) is 0 Å². The molecule has 0 fully saturated rings. The molecule has 0 aliphatic heterocycles. The molecule has 26 heavy (non-hydrogen) atoms. The predicted octanol–water partition coefficient (Wildman–Crippen LogP) is 9.60. The number of nitrogens with zero attached hydrogens (tertiary/aromatic N) is 1. The number of halogens is 6. The summed E-state index contributed by atoms with van der Waals surface area (Å²) in [6.45, 7) is 0.721. The summed E-state index contributed by atoms with van der Waals surface area (Å²) in [6, 6.07) is 18.6. The maximum atomic E-state index is 3.73. The molecule has 0 atom stereocenters. The molecule has 0 aliphatic carbocycles. The van der Waals surface area contributed by atoms with Crippen molar-refractivity contribution in [2.75, 3.05) is 4.90 Å². The van der Waals surface area contributed by atoms with Crippen LogP contribution in [0.5, 0.6) is 0 Å². The van der Waals surface area contributed by atoms with Crippen LogP contribution in [0.25, 0.3) is 0 Å². The van der Waals surface area contributed by atoms with Gasteiger partial charge in [0.1, 0.15) is 0 Å². The highest BCUT2D eigenvalue weighted by molar-refractivity contribution is 9.12. The molecule has 0 radical (unpaired) electrons. The van der Waals surface area contributed by atoms with Crippen LogP contribution in [0.4, 0.5) is 11.4 Å². The van der Waals surface area contributed by atoms with Gasteiger partial charge in [0.2, 0.25) is 0 Å². The third kappa shape index (κ3) is 4.84. The van der Waals surface area contributed by atoms with Crippen LogP contribution in [-0.2, 0) is 6.54 Å². The summed E-state index contributed by atoms with van der Waals surface area (Å²) in [7, 11) is 0. The molecule has 7 heteroatoms. The fraction of sp³-hybridized carbons (Fsp3) is 0.0526. The second-order valence-electron chi connectivity index (χ2n) is 5.51. The second-order valence-corrected chi connectivity index (χ2v) is 10.8. The van der Waals surface area contributed by atoms with Gasteiger partial charge in [-0.05, 0) is 93.5 Å². The van der Waals surface area contributed by atoms with Crippen molar-refractivity contribution in [2.24, 2.45) is 0 Å². The second kappa shape index (κ2) is 9.23. The van der Waals surface area contributed by atoms with Gasteiger partial charge in [-0.2, -0.15) is 0 Å². The lowest BCUT2D eigenvalue weighted by atomic mass is 10.1. The third-order valence-electron chi connectivity index (χ3n) is 3.69. The summed E-state index contributed by atoms with van der Waals surface area (Å²) < 4.78 is 6.00. The van der Waals surface area contributed by atoms with Crippen molar-refractivity contribution in [3.8, 4) is 0 Å². The zero-order chi connectivity index (χ0) is 18.8. The van der Waals surface area contributed by atoms with E-state index in [1.165, 1.54) is 5.56 Å². The normalized spacial score (nSPS) is 10.8. The van der Waals surface area contributed by atoms with Gasteiger partial charge in [0, 0.05) is 33.4 Å². The maximum absolute atomic E-state index is 3.73. The summed E-state index contributed by atoms with van der Waals surface area (Å²) in [5.41, 5.74) is 3.33. The van der Waals surface area contributed by atoms with E-state index in [0.29, 0.717) is 0 Å². The van der Waals surface area contributed by atoms with Gasteiger partial charge in [0.25, 0.3) is 0 Å². The van der Waals surface area contributed by atoms with Crippen LogP contribution in [0.3, 0.4) is 0 Å². The van der Waals surface area contributed by atoms with Crippen molar-refractivity contribution in [1.29, 1.82) is 0 Å². The lowest BCUT2D eigenvalue weighted by molar-refractivity contribution is 0.961. The Morgan fingerprint density at radius 2 is 0.962 bits per heavy atom. The summed E-state index contributed by atoms with van der Waals surface area (Å²) in [5.74, 6) is 0. The Morgan fingerprint density at radius 1 is 0.577 bits per heavy atom. The van der Waals surface area contributed by atoms with E-state index in [1.807, 2.05) is 6.07 Å². The van der Waals surface area contributed by atoms with Crippen LogP contribution >= 0.6 is 95.6 Å². The number of hydrogen-bond acceptors (Lipinski definition) is 1.